The molecule has 1 aromatic heterocycles. The van der Waals surface area contributed by atoms with E-state index in [1.807, 2.05) is 6.92 Å². The van der Waals surface area contributed by atoms with Crippen molar-refractivity contribution in [3.63, 3.8) is 0 Å². The standard InChI is InChI=1S/C21H31N5O/c1-17(2)26(16-19-7-5-4-6-8-19)20-15-18(3)23-21(24-20)22-9-10-25-11-13-27-14-12-25/h4-8,15,17H,9-14,16H2,1-3H3,(H,22,23,24). The largest absolute Gasteiger partial charge is 0.379 e. The van der Waals surface area contributed by atoms with E-state index in [0.717, 1.165) is 57.4 Å². The zero-order valence-electron chi connectivity index (χ0n) is 16.7. The number of nitrogens with one attached hydrogen (secondary N) is 1. The molecule has 1 N–H and O–H groups in total. The van der Waals surface area contributed by atoms with Crippen molar-refractivity contribution in [1.82, 2.24) is 14.9 Å². The fraction of sp³-hybridized carbons (Fsp3) is 0.524. The van der Waals surface area contributed by atoms with Crippen molar-refractivity contribution in [2.75, 3.05) is 49.6 Å². The van der Waals surface area contributed by atoms with Gasteiger partial charge in [-0.1, -0.05) is 30.3 Å². The Labute approximate surface area is 162 Å². The monoisotopic (exact) mass is 369 g/mol. The fourth-order valence-corrected chi connectivity index (χ4v) is 3.24. The molecule has 0 saturated carbocycles. The zero-order chi connectivity index (χ0) is 19.1. The second kappa shape index (κ2) is 9.67. The van der Waals surface area contributed by atoms with Crippen LogP contribution in [0.3, 0.4) is 0 Å². The summed E-state index contributed by atoms with van der Waals surface area (Å²) in [6, 6.07) is 12.9. The molecule has 1 fully saturated rings. The first-order chi connectivity index (χ1) is 13.1. The minimum atomic E-state index is 0.348. The summed E-state index contributed by atoms with van der Waals surface area (Å²) < 4.78 is 5.40. The summed E-state index contributed by atoms with van der Waals surface area (Å²) in [5.41, 5.74) is 2.26. The van der Waals surface area contributed by atoms with E-state index in [4.69, 9.17) is 9.72 Å². The van der Waals surface area contributed by atoms with Crippen LogP contribution in [0.15, 0.2) is 36.4 Å². The van der Waals surface area contributed by atoms with E-state index in [1.165, 1.54) is 5.56 Å². The lowest BCUT2D eigenvalue weighted by Crippen LogP contribution is -2.39. The van der Waals surface area contributed by atoms with Crippen LogP contribution >= 0.6 is 0 Å². The number of ether oxygens (including phenoxy) is 1. The van der Waals surface area contributed by atoms with Crippen molar-refractivity contribution in [1.29, 1.82) is 0 Å². The molecule has 0 unspecified atom stereocenters. The normalized spacial score (nSPS) is 15.1. The first kappa shape index (κ1) is 19.6. The van der Waals surface area contributed by atoms with E-state index < -0.39 is 0 Å². The molecule has 1 aliphatic rings. The smallest absolute Gasteiger partial charge is 0.224 e. The van der Waals surface area contributed by atoms with Gasteiger partial charge in [-0.15, -0.1) is 0 Å². The lowest BCUT2D eigenvalue weighted by Gasteiger charge is -2.29. The first-order valence-electron chi connectivity index (χ1n) is 9.82. The van der Waals surface area contributed by atoms with Gasteiger partial charge in [-0.2, -0.15) is 4.98 Å². The Morgan fingerprint density at radius 1 is 1.15 bits per heavy atom. The Hall–Kier alpha value is -2.18. The van der Waals surface area contributed by atoms with E-state index in [1.54, 1.807) is 0 Å². The average Bonchev–Trinajstić information content (AvgIpc) is 2.67. The first-order valence-corrected chi connectivity index (χ1v) is 9.82. The van der Waals surface area contributed by atoms with Crippen LogP contribution in [0.5, 0.6) is 0 Å². The summed E-state index contributed by atoms with van der Waals surface area (Å²) in [5, 5.41) is 3.40. The van der Waals surface area contributed by atoms with Crippen LogP contribution in [0.1, 0.15) is 25.1 Å². The zero-order valence-corrected chi connectivity index (χ0v) is 16.7. The van der Waals surface area contributed by atoms with Crippen LogP contribution in [0.4, 0.5) is 11.8 Å². The summed E-state index contributed by atoms with van der Waals surface area (Å²) >= 11 is 0. The number of benzene rings is 1. The van der Waals surface area contributed by atoms with E-state index in [2.05, 4.69) is 70.3 Å². The lowest BCUT2D eigenvalue weighted by atomic mass is 10.2. The maximum atomic E-state index is 5.40. The van der Waals surface area contributed by atoms with Gasteiger partial charge in [0.05, 0.1) is 13.2 Å². The third-order valence-corrected chi connectivity index (χ3v) is 4.77. The number of rotatable bonds is 8. The molecule has 0 radical (unpaired) electrons. The van der Waals surface area contributed by atoms with Crippen molar-refractivity contribution in [2.24, 2.45) is 0 Å². The summed E-state index contributed by atoms with van der Waals surface area (Å²) in [6.07, 6.45) is 0. The number of hydrogen-bond donors (Lipinski definition) is 1. The molecular formula is C21H31N5O. The van der Waals surface area contributed by atoms with Crippen LogP contribution in [0.25, 0.3) is 0 Å². The fourth-order valence-electron chi connectivity index (χ4n) is 3.24. The van der Waals surface area contributed by atoms with E-state index in [9.17, 15) is 0 Å². The Bertz CT molecular complexity index is 701. The molecule has 2 aromatic rings. The van der Waals surface area contributed by atoms with Gasteiger partial charge in [-0.3, -0.25) is 4.90 Å². The van der Waals surface area contributed by atoms with Gasteiger partial charge in [0.15, 0.2) is 0 Å². The predicted octanol–water partition coefficient (Wildman–Crippen LogP) is 2.94. The lowest BCUT2D eigenvalue weighted by molar-refractivity contribution is 0.0398. The Morgan fingerprint density at radius 2 is 1.89 bits per heavy atom. The van der Waals surface area contributed by atoms with Gasteiger partial charge in [0, 0.05) is 50.5 Å². The van der Waals surface area contributed by atoms with Gasteiger partial charge in [-0.05, 0) is 26.3 Å². The van der Waals surface area contributed by atoms with E-state index in [0.29, 0.717) is 12.0 Å². The van der Waals surface area contributed by atoms with Crippen LogP contribution in [-0.4, -0.2) is 60.3 Å². The van der Waals surface area contributed by atoms with Crippen molar-refractivity contribution in [2.45, 2.75) is 33.4 Å². The van der Waals surface area contributed by atoms with Gasteiger partial charge in [0.1, 0.15) is 5.82 Å². The summed E-state index contributed by atoms with van der Waals surface area (Å²) in [6.45, 7) is 12.7. The number of anilines is 2. The minimum absolute atomic E-state index is 0.348. The SMILES string of the molecule is Cc1cc(N(Cc2ccccc2)C(C)C)nc(NCCN2CCOCC2)n1. The molecule has 0 aliphatic carbocycles. The maximum absolute atomic E-state index is 5.40. The maximum Gasteiger partial charge on any atom is 0.224 e. The highest BCUT2D eigenvalue weighted by Gasteiger charge is 2.15. The van der Waals surface area contributed by atoms with Crippen molar-refractivity contribution in [3.8, 4) is 0 Å². The van der Waals surface area contributed by atoms with E-state index >= 15 is 0 Å². The molecule has 1 saturated heterocycles. The van der Waals surface area contributed by atoms with Crippen LogP contribution in [0.2, 0.25) is 0 Å². The Kier molecular flexibility index (Phi) is 7.01. The Balaban J connectivity index is 1.66. The minimum Gasteiger partial charge on any atom is -0.379 e. The van der Waals surface area contributed by atoms with Gasteiger partial charge in [0.2, 0.25) is 5.95 Å². The number of morpholine rings is 1. The number of nitrogens with zero attached hydrogens (tertiary/aromatic N) is 4. The molecule has 146 valence electrons. The molecule has 1 aromatic carbocycles. The highest BCUT2D eigenvalue weighted by molar-refractivity contribution is 5.46. The second-order valence-corrected chi connectivity index (χ2v) is 7.28. The van der Waals surface area contributed by atoms with Crippen LogP contribution < -0.4 is 10.2 Å². The molecule has 0 spiro atoms. The van der Waals surface area contributed by atoms with Crippen LogP contribution in [0, 0.1) is 6.92 Å². The number of aromatic nitrogens is 2. The molecule has 27 heavy (non-hydrogen) atoms. The average molecular weight is 370 g/mol. The molecule has 6 heteroatoms. The quantitative estimate of drug-likeness (QED) is 0.772. The second-order valence-electron chi connectivity index (χ2n) is 7.28. The van der Waals surface area contributed by atoms with Gasteiger partial charge >= 0.3 is 0 Å². The third-order valence-electron chi connectivity index (χ3n) is 4.77. The molecule has 0 atom stereocenters. The van der Waals surface area contributed by atoms with Gasteiger partial charge in [0.25, 0.3) is 0 Å². The van der Waals surface area contributed by atoms with Crippen molar-refractivity contribution >= 4 is 11.8 Å². The highest BCUT2D eigenvalue weighted by Crippen LogP contribution is 2.20. The molecule has 0 bridgehead atoms. The van der Waals surface area contributed by atoms with E-state index in [-0.39, 0.29) is 0 Å². The molecule has 6 nitrogen and oxygen atoms in total. The Morgan fingerprint density at radius 3 is 2.59 bits per heavy atom. The third kappa shape index (κ3) is 5.91. The summed E-state index contributed by atoms with van der Waals surface area (Å²) in [5.74, 6) is 1.67. The molecule has 2 heterocycles. The highest BCUT2D eigenvalue weighted by atomic mass is 16.5. The molecule has 3 rings (SSSR count). The summed E-state index contributed by atoms with van der Waals surface area (Å²) in [4.78, 5) is 14.1. The molecular weight excluding hydrogens is 338 g/mol. The summed E-state index contributed by atoms with van der Waals surface area (Å²) in [7, 11) is 0. The van der Waals surface area contributed by atoms with Crippen molar-refractivity contribution < 1.29 is 4.74 Å². The predicted molar refractivity (Wildman–Crippen MR) is 110 cm³/mol. The molecule has 1 aliphatic heterocycles. The van der Waals surface area contributed by atoms with Gasteiger partial charge in [-0.25, -0.2) is 4.98 Å². The topological polar surface area (TPSA) is 53.5 Å². The molecule has 0 amide bonds. The van der Waals surface area contributed by atoms with Gasteiger partial charge < -0.3 is 15.0 Å². The van der Waals surface area contributed by atoms with Crippen molar-refractivity contribution in [3.05, 3.63) is 47.7 Å². The number of aryl methyl sites for hydroxylation is 1. The van der Waals surface area contributed by atoms with Crippen LogP contribution in [-0.2, 0) is 11.3 Å². The number of hydrogen-bond acceptors (Lipinski definition) is 6.